The topological polar surface area (TPSA) is 84.2 Å². The lowest BCUT2D eigenvalue weighted by molar-refractivity contribution is -0.146. The van der Waals surface area contributed by atoms with Crippen LogP contribution in [0.1, 0.15) is 23.4 Å². The van der Waals surface area contributed by atoms with E-state index in [-0.39, 0.29) is 17.7 Å². The second-order valence-electron chi connectivity index (χ2n) is 7.61. The van der Waals surface area contributed by atoms with Crippen molar-refractivity contribution < 1.29 is 14.7 Å². The number of carboxylic acids is 1. The maximum Gasteiger partial charge on any atom is 0.307 e. The van der Waals surface area contributed by atoms with Gasteiger partial charge in [-0.05, 0) is 55.9 Å². The number of hydrogen-bond acceptors (Lipinski definition) is 3. The highest BCUT2D eigenvalue weighted by Gasteiger charge is 2.51. The van der Waals surface area contributed by atoms with Gasteiger partial charge in [-0.3, -0.25) is 14.3 Å². The Bertz CT molecular complexity index is 931. The van der Waals surface area contributed by atoms with Gasteiger partial charge in [-0.15, -0.1) is 0 Å². The molecule has 1 aromatic heterocycles. The van der Waals surface area contributed by atoms with Gasteiger partial charge in [-0.1, -0.05) is 24.3 Å². The van der Waals surface area contributed by atoms with E-state index in [1.807, 2.05) is 61.0 Å². The van der Waals surface area contributed by atoms with E-state index in [2.05, 4.69) is 10.4 Å². The summed E-state index contributed by atoms with van der Waals surface area (Å²) in [5.74, 6) is -2.22. The average Bonchev–Trinajstić information content (AvgIpc) is 3.30. The zero-order valence-corrected chi connectivity index (χ0v) is 15.4. The molecule has 1 heterocycles. The van der Waals surface area contributed by atoms with Crippen molar-refractivity contribution in [3.05, 3.63) is 59.4 Å². The molecule has 2 aliphatic carbocycles. The summed E-state index contributed by atoms with van der Waals surface area (Å²) < 4.78 is 1.93. The third-order valence-corrected chi connectivity index (χ3v) is 5.68. The molecule has 2 aromatic rings. The van der Waals surface area contributed by atoms with Crippen molar-refractivity contribution in [2.24, 2.45) is 23.7 Å². The van der Waals surface area contributed by atoms with Crippen LogP contribution in [-0.2, 0) is 16.1 Å². The summed E-state index contributed by atoms with van der Waals surface area (Å²) >= 11 is 0. The van der Waals surface area contributed by atoms with Crippen LogP contribution in [0.5, 0.6) is 0 Å². The molecule has 1 saturated carbocycles. The van der Waals surface area contributed by atoms with Gasteiger partial charge in [-0.2, -0.15) is 5.10 Å². The van der Waals surface area contributed by atoms with E-state index < -0.39 is 17.8 Å². The number of benzene rings is 1. The summed E-state index contributed by atoms with van der Waals surface area (Å²) in [7, 11) is 0. The Balaban J connectivity index is 1.50. The Labute approximate surface area is 157 Å². The molecule has 2 aliphatic rings. The first kappa shape index (κ1) is 17.5. The van der Waals surface area contributed by atoms with Crippen LogP contribution < -0.4 is 5.32 Å². The van der Waals surface area contributed by atoms with Crippen molar-refractivity contribution in [1.29, 1.82) is 0 Å². The Hall–Kier alpha value is -2.89. The molecule has 2 bridgehead atoms. The van der Waals surface area contributed by atoms with Gasteiger partial charge in [0.2, 0.25) is 5.91 Å². The molecule has 4 atom stereocenters. The number of aliphatic carboxylic acids is 1. The van der Waals surface area contributed by atoms with E-state index in [0.29, 0.717) is 12.2 Å². The molecular weight excluding hydrogens is 342 g/mol. The Kier molecular flexibility index (Phi) is 4.34. The molecular formula is C21H23N3O3. The van der Waals surface area contributed by atoms with Gasteiger partial charge in [0.05, 0.1) is 24.1 Å². The predicted octanol–water partition coefficient (Wildman–Crippen LogP) is 3.01. The molecule has 0 saturated heterocycles. The summed E-state index contributed by atoms with van der Waals surface area (Å²) in [5, 5.41) is 16.9. The highest BCUT2D eigenvalue weighted by atomic mass is 16.4. The number of carboxylic acid groups (broad SMARTS) is 1. The lowest BCUT2D eigenvalue weighted by Gasteiger charge is -2.24. The molecule has 4 unspecified atom stereocenters. The number of nitrogens with one attached hydrogen (secondary N) is 1. The van der Waals surface area contributed by atoms with Gasteiger partial charge >= 0.3 is 5.97 Å². The molecule has 0 aliphatic heterocycles. The van der Waals surface area contributed by atoms with Crippen LogP contribution in [0.4, 0.5) is 5.69 Å². The molecule has 6 heteroatoms. The van der Waals surface area contributed by atoms with Crippen LogP contribution in [-0.4, -0.2) is 26.8 Å². The quantitative estimate of drug-likeness (QED) is 0.798. The van der Waals surface area contributed by atoms with Crippen molar-refractivity contribution in [2.75, 3.05) is 5.32 Å². The van der Waals surface area contributed by atoms with Crippen molar-refractivity contribution in [2.45, 2.75) is 26.8 Å². The van der Waals surface area contributed by atoms with E-state index >= 15 is 0 Å². The van der Waals surface area contributed by atoms with Gasteiger partial charge in [0.25, 0.3) is 0 Å². The number of carbonyl (C=O) groups excluding carboxylic acids is 1. The smallest absolute Gasteiger partial charge is 0.307 e. The van der Waals surface area contributed by atoms with Crippen LogP contribution in [0.2, 0.25) is 0 Å². The van der Waals surface area contributed by atoms with Crippen molar-refractivity contribution in [1.82, 2.24) is 9.78 Å². The number of carbonyl (C=O) groups is 2. The SMILES string of the molecule is Cc1cc(C)n(Cc2cccc(NC(=O)C3C4C=CC(C4)C3C(=O)O)c2)n1. The fourth-order valence-corrected chi connectivity index (χ4v) is 4.50. The molecule has 1 amide bonds. The summed E-state index contributed by atoms with van der Waals surface area (Å²) in [6.45, 7) is 4.60. The third kappa shape index (κ3) is 3.27. The molecule has 2 N–H and O–H groups in total. The first-order chi connectivity index (χ1) is 12.9. The number of allylic oxidation sites excluding steroid dienone is 2. The second-order valence-corrected chi connectivity index (χ2v) is 7.61. The van der Waals surface area contributed by atoms with Crippen LogP contribution in [0.3, 0.4) is 0 Å². The zero-order valence-electron chi connectivity index (χ0n) is 15.4. The van der Waals surface area contributed by atoms with Crippen LogP contribution in [0.15, 0.2) is 42.5 Å². The van der Waals surface area contributed by atoms with Crippen LogP contribution in [0, 0.1) is 37.5 Å². The first-order valence-electron chi connectivity index (χ1n) is 9.24. The lowest BCUT2D eigenvalue weighted by atomic mass is 9.82. The van der Waals surface area contributed by atoms with Crippen LogP contribution >= 0.6 is 0 Å². The maximum atomic E-state index is 12.8. The fraction of sp³-hybridized carbons (Fsp3) is 0.381. The number of fused-ring (bicyclic) bond motifs is 2. The van der Waals surface area contributed by atoms with Gasteiger partial charge < -0.3 is 10.4 Å². The molecule has 4 rings (SSSR count). The summed E-state index contributed by atoms with van der Waals surface area (Å²) in [6, 6.07) is 9.67. The molecule has 140 valence electrons. The molecule has 0 radical (unpaired) electrons. The Morgan fingerprint density at radius 2 is 1.93 bits per heavy atom. The molecule has 6 nitrogen and oxygen atoms in total. The minimum Gasteiger partial charge on any atom is -0.481 e. The maximum absolute atomic E-state index is 12.8. The zero-order chi connectivity index (χ0) is 19.1. The highest BCUT2D eigenvalue weighted by molar-refractivity contribution is 5.96. The molecule has 1 fully saturated rings. The lowest BCUT2D eigenvalue weighted by Crippen LogP contribution is -2.36. The first-order valence-corrected chi connectivity index (χ1v) is 9.24. The Morgan fingerprint density at radius 3 is 2.59 bits per heavy atom. The molecule has 27 heavy (non-hydrogen) atoms. The second kappa shape index (κ2) is 6.68. The standard InChI is InChI=1S/C21H23N3O3/c1-12-8-13(2)24(23-12)11-14-4-3-5-17(9-14)22-20(25)18-15-6-7-16(10-15)19(18)21(26)27/h3-9,15-16,18-19H,10-11H2,1-2H3,(H,22,25)(H,26,27). The van der Waals surface area contributed by atoms with E-state index in [1.54, 1.807) is 0 Å². The van der Waals surface area contributed by atoms with Gasteiger partial charge in [0, 0.05) is 11.4 Å². The van der Waals surface area contributed by atoms with Gasteiger partial charge in [-0.25, -0.2) is 0 Å². The number of hydrogen-bond donors (Lipinski definition) is 2. The van der Waals surface area contributed by atoms with E-state index in [0.717, 1.165) is 23.4 Å². The van der Waals surface area contributed by atoms with Gasteiger partial charge in [0.15, 0.2) is 0 Å². The van der Waals surface area contributed by atoms with E-state index in [4.69, 9.17) is 0 Å². The number of aromatic nitrogens is 2. The van der Waals surface area contributed by atoms with E-state index in [9.17, 15) is 14.7 Å². The number of amides is 1. The fourth-order valence-electron chi connectivity index (χ4n) is 4.50. The van der Waals surface area contributed by atoms with Gasteiger partial charge in [0.1, 0.15) is 0 Å². The highest BCUT2D eigenvalue weighted by Crippen LogP contribution is 2.48. The summed E-state index contributed by atoms with van der Waals surface area (Å²) in [6.07, 6.45) is 4.70. The normalized spacial score (nSPS) is 25.7. The molecule has 0 spiro atoms. The van der Waals surface area contributed by atoms with E-state index in [1.165, 1.54) is 0 Å². The summed E-state index contributed by atoms with van der Waals surface area (Å²) in [4.78, 5) is 24.4. The predicted molar refractivity (Wildman–Crippen MR) is 101 cm³/mol. The molecule has 1 aromatic carbocycles. The number of rotatable bonds is 5. The minimum absolute atomic E-state index is 0.0222. The van der Waals surface area contributed by atoms with Crippen molar-refractivity contribution >= 4 is 17.6 Å². The monoisotopic (exact) mass is 365 g/mol. The Morgan fingerprint density at radius 1 is 1.19 bits per heavy atom. The largest absolute Gasteiger partial charge is 0.481 e. The number of aryl methyl sites for hydroxylation is 2. The van der Waals surface area contributed by atoms with Crippen molar-refractivity contribution in [3.8, 4) is 0 Å². The average molecular weight is 365 g/mol. The minimum atomic E-state index is -0.884. The van der Waals surface area contributed by atoms with Crippen LogP contribution in [0.25, 0.3) is 0 Å². The number of nitrogens with zero attached hydrogens (tertiary/aromatic N) is 2. The summed E-state index contributed by atoms with van der Waals surface area (Å²) in [5.41, 5.74) is 3.78. The number of anilines is 1. The van der Waals surface area contributed by atoms with Crippen molar-refractivity contribution in [3.63, 3.8) is 0 Å². The third-order valence-electron chi connectivity index (χ3n) is 5.68.